The van der Waals surface area contributed by atoms with Crippen LogP contribution in [0.4, 0.5) is 0 Å². The summed E-state index contributed by atoms with van der Waals surface area (Å²) in [5.41, 5.74) is -0.222. The van der Waals surface area contributed by atoms with E-state index >= 15 is 0 Å². The zero-order valence-corrected chi connectivity index (χ0v) is 20.1. The molecule has 6 N–H and O–H groups in total. The zero-order chi connectivity index (χ0) is 26.6. The summed E-state index contributed by atoms with van der Waals surface area (Å²) in [6.07, 6.45) is -0.590. The third-order valence-corrected chi connectivity index (χ3v) is 5.98. The Hall–Kier alpha value is -4.35. The maximum atomic E-state index is 12.6. The van der Waals surface area contributed by atoms with E-state index in [0.29, 0.717) is 47.5 Å². The molecule has 0 radical (unpaired) electrons. The van der Waals surface area contributed by atoms with Crippen molar-refractivity contribution in [1.29, 1.82) is 5.26 Å². The Labute approximate surface area is 216 Å². The molecule has 1 saturated heterocycles. The average molecular weight is 527 g/mol. The van der Waals surface area contributed by atoms with Crippen molar-refractivity contribution in [2.24, 2.45) is 0 Å². The van der Waals surface area contributed by atoms with E-state index in [1.807, 2.05) is 6.07 Å². The number of H-pyrrole nitrogens is 1. The fraction of sp³-hybridized carbons (Fsp3) is 0.320. The molecule has 38 heavy (non-hydrogen) atoms. The molecule has 1 aromatic carbocycles. The number of morpholine rings is 1. The number of pyridine rings is 1. The highest BCUT2D eigenvalue weighted by Crippen LogP contribution is 2.37. The number of aromatic nitrogens is 2. The number of rotatable bonds is 9. The summed E-state index contributed by atoms with van der Waals surface area (Å²) < 4.78 is 10.8. The van der Waals surface area contributed by atoms with Gasteiger partial charge in [0, 0.05) is 36.7 Å². The van der Waals surface area contributed by atoms with Crippen LogP contribution in [-0.2, 0) is 25.7 Å². The maximum Gasteiger partial charge on any atom is 0.336 e. The minimum atomic E-state index is -2.84. The summed E-state index contributed by atoms with van der Waals surface area (Å²) >= 11 is 0. The van der Waals surface area contributed by atoms with Gasteiger partial charge in [-0.15, -0.1) is 0 Å². The first-order valence-electron chi connectivity index (χ1n) is 11.4. The number of esters is 1. The third kappa shape index (κ3) is 6.31. The fourth-order valence-electron chi connectivity index (χ4n) is 4.10. The van der Waals surface area contributed by atoms with Crippen molar-refractivity contribution in [3.05, 3.63) is 47.7 Å². The predicted molar refractivity (Wildman–Crippen MR) is 131 cm³/mol. The van der Waals surface area contributed by atoms with E-state index in [4.69, 9.17) is 14.6 Å². The number of hydrogen-bond acceptors (Lipinski definition) is 9. The lowest BCUT2D eigenvalue weighted by molar-refractivity contribution is -0.169. The van der Waals surface area contributed by atoms with Gasteiger partial charge < -0.3 is 35.3 Å². The minimum Gasteiger partial charge on any atom is -0.481 e. The van der Waals surface area contributed by atoms with Gasteiger partial charge in [-0.3, -0.25) is 19.5 Å². The molecular weight excluding hydrogens is 500 g/mol. The number of hydrogen-bond donors (Lipinski definition) is 4. The standard InChI is InChI=1S/C25H24N4O8.H2O/c26-12-15-1-3-18-17(9-15)22(19-4-2-16(13-27-19)14-29-5-7-36-8-6-29)23(28-18)37-21(32)11-25(35,24(33)34)10-20(30)31;/h1-4,9,13,28,35H,5-8,10-11,14H2,(H,30,31)(H,33,34);1H2. The van der Waals surface area contributed by atoms with Crippen LogP contribution in [0.5, 0.6) is 5.88 Å². The second-order valence-corrected chi connectivity index (χ2v) is 8.70. The summed E-state index contributed by atoms with van der Waals surface area (Å²) in [5, 5.41) is 38.3. The van der Waals surface area contributed by atoms with Gasteiger partial charge in [0.1, 0.15) is 0 Å². The Bertz CT molecular complexity index is 1370. The summed E-state index contributed by atoms with van der Waals surface area (Å²) in [4.78, 5) is 44.8. The number of nitriles is 1. The minimum absolute atomic E-state index is 0. The number of carboxylic acid groups (broad SMARTS) is 2. The number of aromatic amines is 1. The van der Waals surface area contributed by atoms with Gasteiger partial charge in [-0.05, 0) is 29.8 Å². The van der Waals surface area contributed by atoms with Crippen LogP contribution in [0, 0.1) is 11.3 Å². The van der Waals surface area contributed by atoms with Crippen molar-refractivity contribution >= 4 is 28.8 Å². The van der Waals surface area contributed by atoms with Crippen LogP contribution in [0.1, 0.15) is 24.0 Å². The maximum absolute atomic E-state index is 12.6. The number of carboxylic acids is 2. The van der Waals surface area contributed by atoms with Gasteiger partial charge in [0.15, 0.2) is 5.60 Å². The molecule has 0 spiro atoms. The molecule has 3 aromatic rings. The predicted octanol–water partition coefficient (Wildman–Crippen LogP) is 0.695. The highest BCUT2D eigenvalue weighted by Gasteiger charge is 2.42. The Morgan fingerprint density at radius 1 is 1.16 bits per heavy atom. The molecule has 0 aliphatic carbocycles. The molecule has 3 heterocycles. The average Bonchev–Trinajstić information content (AvgIpc) is 3.21. The van der Waals surface area contributed by atoms with Crippen LogP contribution in [0.3, 0.4) is 0 Å². The van der Waals surface area contributed by atoms with E-state index in [1.54, 1.807) is 30.5 Å². The van der Waals surface area contributed by atoms with E-state index < -0.39 is 36.4 Å². The van der Waals surface area contributed by atoms with Crippen molar-refractivity contribution in [2.45, 2.75) is 25.0 Å². The van der Waals surface area contributed by atoms with Crippen LogP contribution in [0.2, 0.25) is 0 Å². The smallest absolute Gasteiger partial charge is 0.336 e. The van der Waals surface area contributed by atoms with Gasteiger partial charge in [-0.1, -0.05) is 6.07 Å². The molecule has 13 heteroatoms. The van der Waals surface area contributed by atoms with Gasteiger partial charge in [-0.25, -0.2) is 4.79 Å². The van der Waals surface area contributed by atoms with Gasteiger partial charge in [0.25, 0.3) is 0 Å². The van der Waals surface area contributed by atoms with Gasteiger partial charge >= 0.3 is 17.9 Å². The summed E-state index contributed by atoms with van der Waals surface area (Å²) in [6, 6.07) is 10.5. The zero-order valence-electron chi connectivity index (χ0n) is 20.1. The number of nitrogens with zero attached hydrogens (tertiary/aromatic N) is 3. The van der Waals surface area contributed by atoms with Gasteiger partial charge in [0.2, 0.25) is 5.88 Å². The Balaban J connectivity index is 0.00000400. The lowest BCUT2D eigenvalue weighted by Crippen LogP contribution is -2.43. The number of aliphatic carboxylic acids is 2. The second-order valence-electron chi connectivity index (χ2n) is 8.70. The third-order valence-electron chi connectivity index (χ3n) is 5.98. The van der Waals surface area contributed by atoms with E-state index in [9.17, 15) is 29.9 Å². The Kier molecular flexibility index (Phi) is 8.76. The molecule has 2 aromatic heterocycles. The van der Waals surface area contributed by atoms with Crippen LogP contribution in [0.15, 0.2) is 36.5 Å². The number of ether oxygens (including phenoxy) is 2. The molecule has 0 saturated carbocycles. The lowest BCUT2D eigenvalue weighted by atomic mass is 9.96. The highest BCUT2D eigenvalue weighted by molar-refractivity contribution is 6.00. The van der Waals surface area contributed by atoms with E-state index in [0.717, 1.165) is 18.7 Å². The largest absolute Gasteiger partial charge is 0.481 e. The topological polar surface area (TPSA) is 218 Å². The summed E-state index contributed by atoms with van der Waals surface area (Å²) in [5.74, 6) is -4.69. The Morgan fingerprint density at radius 3 is 2.50 bits per heavy atom. The number of carbonyl (C=O) groups excluding carboxylic acids is 1. The number of fused-ring (bicyclic) bond motifs is 1. The lowest BCUT2D eigenvalue weighted by Gasteiger charge is -2.26. The normalized spacial score (nSPS) is 15.2. The first-order chi connectivity index (χ1) is 17.7. The van der Waals surface area contributed by atoms with Crippen LogP contribution >= 0.6 is 0 Å². The molecular formula is C25H26N4O9. The van der Waals surface area contributed by atoms with Crippen molar-refractivity contribution in [1.82, 2.24) is 14.9 Å². The number of nitrogens with one attached hydrogen (secondary N) is 1. The van der Waals surface area contributed by atoms with Crippen LogP contribution < -0.4 is 4.74 Å². The van der Waals surface area contributed by atoms with Gasteiger partial charge in [-0.2, -0.15) is 5.26 Å². The van der Waals surface area contributed by atoms with Crippen LogP contribution in [-0.4, -0.2) is 85.5 Å². The number of carbonyl (C=O) groups is 3. The molecule has 13 nitrogen and oxygen atoms in total. The molecule has 1 atom stereocenters. The first kappa shape index (κ1) is 28.2. The Morgan fingerprint density at radius 2 is 1.89 bits per heavy atom. The second kappa shape index (κ2) is 11.8. The molecule has 200 valence electrons. The van der Waals surface area contributed by atoms with Crippen molar-refractivity contribution < 1.29 is 44.7 Å². The van der Waals surface area contributed by atoms with Crippen molar-refractivity contribution in [3.63, 3.8) is 0 Å². The molecule has 0 bridgehead atoms. The summed E-state index contributed by atoms with van der Waals surface area (Å²) in [7, 11) is 0. The molecule has 1 unspecified atom stereocenters. The van der Waals surface area contributed by atoms with E-state index in [-0.39, 0.29) is 11.4 Å². The fourth-order valence-corrected chi connectivity index (χ4v) is 4.10. The van der Waals surface area contributed by atoms with Gasteiger partial charge in [0.05, 0.1) is 48.9 Å². The van der Waals surface area contributed by atoms with E-state index in [2.05, 4.69) is 20.9 Å². The molecule has 4 rings (SSSR count). The quantitative estimate of drug-likeness (QED) is 0.284. The van der Waals surface area contributed by atoms with E-state index in [1.165, 1.54) is 0 Å². The van der Waals surface area contributed by atoms with Crippen LogP contribution in [0.25, 0.3) is 22.2 Å². The first-order valence-corrected chi connectivity index (χ1v) is 11.4. The van der Waals surface area contributed by atoms with Crippen molar-refractivity contribution in [3.8, 4) is 23.2 Å². The molecule has 1 fully saturated rings. The molecule has 1 aliphatic heterocycles. The highest BCUT2D eigenvalue weighted by atomic mass is 16.5. The molecule has 1 aliphatic rings. The van der Waals surface area contributed by atoms with Crippen molar-refractivity contribution in [2.75, 3.05) is 26.3 Å². The number of aliphatic hydroxyl groups is 1. The number of benzene rings is 1. The SMILES string of the molecule is N#Cc1ccc2[nH]c(OC(=O)CC(O)(CC(=O)O)C(=O)O)c(-c3ccc(CN4CCOCC4)cn3)c2c1.O. The monoisotopic (exact) mass is 526 g/mol. The molecule has 0 amide bonds. The summed E-state index contributed by atoms with van der Waals surface area (Å²) in [6.45, 7) is 3.64.